The largest absolute Gasteiger partial charge is 0.421 e. The molecule has 0 bridgehead atoms. The van der Waals surface area contributed by atoms with Gasteiger partial charge in [-0.25, -0.2) is 9.67 Å². The van der Waals surface area contributed by atoms with Crippen LogP contribution in [-0.4, -0.2) is 20.6 Å². The highest BCUT2D eigenvalue weighted by atomic mass is 16.5. The minimum atomic E-state index is -0.00784. The third-order valence-corrected chi connectivity index (χ3v) is 2.41. The van der Waals surface area contributed by atoms with Crippen molar-refractivity contribution >= 4 is 5.84 Å². The van der Waals surface area contributed by atoms with Crippen molar-refractivity contribution in [3.05, 3.63) is 35.2 Å². The number of aromatic nitrogens is 3. The molecule has 0 aliphatic heterocycles. The average Bonchev–Trinajstić information content (AvgIpc) is 2.56. The van der Waals surface area contributed by atoms with Gasteiger partial charge < -0.3 is 10.5 Å². The molecule has 0 aliphatic carbocycles. The molecule has 6 heteroatoms. The smallest absolute Gasteiger partial charge is 0.222 e. The quantitative estimate of drug-likeness (QED) is 0.633. The van der Waals surface area contributed by atoms with Gasteiger partial charge in [0.05, 0.1) is 5.69 Å². The molecule has 2 rings (SSSR count). The van der Waals surface area contributed by atoms with Crippen LogP contribution in [0, 0.1) is 19.3 Å². The number of pyridine rings is 1. The fraction of sp³-hybridized carbons (Fsp3) is 0.250. The van der Waals surface area contributed by atoms with Gasteiger partial charge in [0.1, 0.15) is 5.84 Å². The summed E-state index contributed by atoms with van der Waals surface area (Å²) in [7, 11) is 1.80. The molecule has 0 radical (unpaired) electrons. The third-order valence-electron chi connectivity index (χ3n) is 2.41. The van der Waals surface area contributed by atoms with Gasteiger partial charge in [0.2, 0.25) is 11.8 Å². The highest BCUT2D eigenvalue weighted by Crippen LogP contribution is 2.21. The van der Waals surface area contributed by atoms with E-state index < -0.39 is 0 Å². The van der Waals surface area contributed by atoms with Crippen molar-refractivity contribution in [2.24, 2.45) is 12.8 Å². The standard InChI is InChI=1S/C12H15N5O/c1-7-4-9(12(13)14)6-10(15-7)18-11-5-8(2)16-17(11)3/h4-6H,1-3H3,(H3,13,14). The average molecular weight is 245 g/mol. The summed E-state index contributed by atoms with van der Waals surface area (Å²) in [6, 6.07) is 5.19. The van der Waals surface area contributed by atoms with Crippen LogP contribution in [0.2, 0.25) is 0 Å². The molecule has 2 aromatic rings. The summed E-state index contributed by atoms with van der Waals surface area (Å²) in [6.07, 6.45) is 0. The lowest BCUT2D eigenvalue weighted by Gasteiger charge is -2.07. The lowest BCUT2D eigenvalue weighted by Crippen LogP contribution is -2.12. The summed E-state index contributed by atoms with van der Waals surface area (Å²) >= 11 is 0. The zero-order valence-corrected chi connectivity index (χ0v) is 10.6. The number of rotatable bonds is 3. The molecule has 18 heavy (non-hydrogen) atoms. The number of hydrogen-bond acceptors (Lipinski definition) is 4. The molecule has 0 amide bonds. The lowest BCUT2D eigenvalue weighted by molar-refractivity contribution is 0.414. The van der Waals surface area contributed by atoms with E-state index in [0.717, 1.165) is 11.4 Å². The molecule has 0 aromatic carbocycles. The van der Waals surface area contributed by atoms with E-state index in [1.807, 2.05) is 19.9 Å². The van der Waals surface area contributed by atoms with Crippen LogP contribution >= 0.6 is 0 Å². The summed E-state index contributed by atoms with van der Waals surface area (Å²) in [4.78, 5) is 4.25. The Labute approximate surface area is 105 Å². The van der Waals surface area contributed by atoms with Crippen molar-refractivity contribution in [3.8, 4) is 11.8 Å². The Hall–Kier alpha value is -2.37. The van der Waals surface area contributed by atoms with Crippen molar-refractivity contribution in [2.75, 3.05) is 0 Å². The molecular formula is C12H15N5O. The minimum absolute atomic E-state index is 0.00784. The van der Waals surface area contributed by atoms with Crippen molar-refractivity contribution in [3.63, 3.8) is 0 Å². The minimum Gasteiger partial charge on any atom is -0.421 e. The Bertz CT molecular complexity index is 603. The molecule has 0 atom stereocenters. The molecule has 3 N–H and O–H groups in total. The number of nitrogen functional groups attached to an aromatic ring is 1. The Morgan fingerprint density at radius 3 is 2.56 bits per heavy atom. The van der Waals surface area contributed by atoms with Gasteiger partial charge in [0, 0.05) is 30.4 Å². The summed E-state index contributed by atoms with van der Waals surface area (Å²) in [5.74, 6) is 0.995. The van der Waals surface area contributed by atoms with Crippen LogP contribution in [0.25, 0.3) is 0 Å². The lowest BCUT2D eigenvalue weighted by atomic mass is 10.2. The summed E-state index contributed by atoms with van der Waals surface area (Å²) in [5, 5.41) is 11.6. The number of ether oxygens (including phenoxy) is 1. The Morgan fingerprint density at radius 1 is 1.28 bits per heavy atom. The first kappa shape index (κ1) is 12.1. The highest BCUT2D eigenvalue weighted by Gasteiger charge is 2.08. The van der Waals surface area contributed by atoms with E-state index in [9.17, 15) is 0 Å². The zero-order valence-electron chi connectivity index (χ0n) is 10.6. The summed E-state index contributed by atoms with van der Waals surface area (Å²) in [6.45, 7) is 3.71. The molecule has 0 spiro atoms. The SMILES string of the molecule is Cc1cc(C(=N)N)cc(Oc2cc(C)nn2C)n1. The van der Waals surface area contributed by atoms with Crippen molar-refractivity contribution in [1.29, 1.82) is 5.41 Å². The topological polar surface area (TPSA) is 89.8 Å². The van der Waals surface area contributed by atoms with E-state index in [1.54, 1.807) is 23.9 Å². The normalized spacial score (nSPS) is 10.4. The van der Waals surface area contributed by atoms with E-state index in [2.05, 4.69) is 10.1 Å². The number of hydrogen-bond donors (Lipinski definition) is 2. The van der Waals surface area contributed by atoms with Crippen LogP contribution < -0.4 is 10.5 Å². The highest BCUT2D eigenvalue weighted by molar-refractivity contribution is 5.95. The van der Waals surface area contributed by atoms with Gasteiger partial charge in [-0.2, -0.15) is 5.10 Å². The van der Waals surface area contributed by atoms with Gasteiger partial charge in [-0.1, -0.05) is 0 Å². The predicted molar refractivity (Wildman–Crippen MR) is 68.0 cm³/mol. The number of aryl methyl sites for hydroxylation is 3. The molecule has 0 saturated heterocycles. The van der Waals surface area contributed by atoms with Crippen LogP contribution in [0.4, 0.5) is 0 Å². The van der Waals surface area contributed by atoms with Crippen LogP contribution in [0.5, 0.6) is 11.8 Å². The Kier molecular flexibility index (Phi) is 3.01. The maximum absolute atomic E-state index is 7.43. The first-order chi connectivity index (χ1) is 8.45. The van der Waals surface area contributed by atoms with Gasteiger partial charge >= 0.3 is 0 Å². The predicted octanol–water partition coefficient (Wildman–Crippen LogP) is 1.51. The van der Waals surface area contributed by atoms with E-state index in [4.69, 9.17) is 15.9 Å². The maximum Gasteiger partial charge on any atom is 0.222 e. The first-order valence-corrected chi connectivity index (χ1v) is 5.47. The molecule has 0 aliphatic rings. The van der Waals surface area contributed by atoms with Crippen molar-refractivity contribution < 1.29 is 4.74 Å². The fourth-order valence-corrected chi connectivity index (χ4v) is 1.64. The van der Waals surface area contributed by atoms with Crippen molar-refractivity contribution in [1.82, 2.24) is 14.8 Å². The van der Waals surface area contributed by atoms with Crippen LogP contribution in [0.15, 0.2) is 18.2 Å². The summed E-state index contributed by atoms with van der Waals surface area (Å²) < 4.78 is 7.27. The van der Waals surface area contributed by atoms with E-state index >= 15 is 0 Å². The monoisotopic (exact) mass is 245 g/mol. The number of nitrogens with one attached hydrogen (secondary N) is 1. The molecule has 0 saturated carbocycles. The molecule has 0 fully saturated rings. The maximum atomic E-state index is 7.43. The molecule has 0 unspecified atom stereocenters. The van der Waals surface area contributed by atoms with Gasteiger partial charge in [-0.3, -0.25) is 5.41 Å². The zero-order chi connectivity index (χ0) is 13.3. The van der Waals surface area contributed by atoms with Gasteiger partial charge in [0.25, 0.3) is 0 Å². The molecular weight excluding hydrogens is 230 g/mol. The van der Waals surface area contributed by atoms with E-state index in [1.165, 1.54) is 0 Å². The first-order valence-electron chi connectivity index (χ1n) is 5.47. The van der Waals surface area contributed by atoms with Crippen LogP contribution in [-0.2, 0) is 7.05 Å². The number of nitrogens with zero attached hydrogens (tertiary/aromatic N) is 3. The molecule has 94 valence electrons. The van der Waals surface area contributed by atoms with Crippen LogP contribution in [0.1, 0.15) is 17.0 Å². The second kappa shape index (κ2) is 4.48. The molecule has 2 heterocycles. The third kappa shape index (κ3) is 2.48. The van der Waals surface area contributed by atoms with Gasteiger partial charge in [-0.15, -0.1) is 0 Å². The van der Waals surface area contributed by atoms with E-state index in [0.29, 0.717) is 17.3 Å². The molecule has 2 aromatic heterocycles. The van der Waals surface area contributed by atoms with Gasteiger partial charge in [-0.05, 0) is 19.9 Å². The summed E-state index contributed by atoms with van der Waals surface area (Å²) in [5.41, 5.74) is 7.67. The molecule has 6 nitrogen and oxygen atoms in total. The van der Waals surface area contributed by atoms with E-state index in [-0.39, 0.29) is 5.84 Å². The fourth-order valence-electron chi connectivity index (χ4n) is 1.64. The second-order valence-electron chi connectivity index (χ2n) is 4.10. The Balaban J connectivity index is 2.34. The Morgan fingerprint density at radius 2 is 2.00 bits per heavy atom. The van der Waals surface area contributed by atoms with Crippen molar-refractivity contribution in [2.45, 2.75) is 13.8 Å². The second-order valence-corrected chi connectivity index (χ2v) is 4.10. The van der Waals surface area contributed by atoms with Crippen LogP contribution in [0.3, 0.4) is 0 Å². The van der Waals surface area contributed by atoms with Gasteiger partial charge in [0.15, 0.2) is 0 Å². The number of amidine groups is 1. The number of nitrogens with two attached hydrogens (primary N) is 1.